The van der Waals surface area contributed by atoms with Gasteiger partial charge in [0.25, 0.3) is 0 Å². The van der Waals surface area contributed by atoms with Crippen LogP contribution in [0.25, 0.3) is 0 Å². The van der Waals surface area contributed by atoms with E-state index in [9.17, 15) is 5.11 Å². The first-order valence-corrected chi connectivity index (χ1v) is 9.35. The quantitative estimate of drug-likeness (QED) is 0.655. The molecule has 0 saturated carbocycles. The van der Waals surface area contributed by atoms with Gasteiger partial charge in [0.05, 0.1) is 5.69 Å². The Hall–Kier alpha value is -2.12. The first-order valence-electron chi connectivity index (χ1n) is 6.90. The number of aliphatic imine (C=N–C) groups is 1. The molecule has 2 aromatic heterocycles. The maximum absolute atomic E-state index is 10.1. The summed E-state index contributed by atoms with van der Waals surface area (Å²) in [4.78, 5) is 13.8. The Bertz CT molecular complexity index is 803. The molecule has 2 N–H and O–H groups in total. The van der Waals surface area contributed by atoms with E-state index in [-0.39, 0.29) is 16.2 Å². The maximum atomic E-state index is 10.1. The lowest BCUT2D eigenvalue weighted by Crippen LogP contribution is -2.12. The fourth-order valence-electron chi connectivity index (χ4n) is 1.95. The average molecular weight is 344 g/mol. The molecule has 7 heteroatoms. The molecule has 0 saturated heterocycles. The number of nitrogens with zero attached hydrogens (tertiary/aromatic N) is 3. The van der Waals surface area contributed by atoms with Crippen molar-refractivity contribution in [1.82, 2.24) is 15.3 Å². The van der Waals surface area contributed by atoms with Crippen LogP contribution in [0.4, 0.5) is 5.82 Å². The number of nitrogens with one attached hydrogen (secondary N) is 1. The zero-order valence-corrected chi connectivity index (χ0v) is 14.2. The van der Waals surface area contributed by atoms with Crippen LogP contribution in [0.1, 0.15) is 12.6 Å². The number of pyridine rings is 2. The Balaban J connectivity index is 1.71. The Morgan fingerprint density at radius 3 is 2.91 bits per heavy atom. The van der Waals surface area contributed by atoms with E-state index in [0.29, 0.717) is 5.82 Å². The minimum Gasteiger partial charge on any atom is -0.504 e. The lowest BCUT2D eigenvalue weighted by molar-refractivity contribution is 0.473. The van der Waals surface area contributed by atoms with Crippen molar-refractivity contribution in [3.63, 3.8) is 0 Å². The number of rotatable bonds is 4. The van der Waals surface area contributed by atoms with Gasteiger partial charge in [0.1, 0.15) is 0 Å². The molecule has 3 rings (SSSR count). The van der Waals surface area contributed by atoms with E-state index < -0.39 is 0 Å². The molecule has 1 unspecified atom stereocenters. The fourth-order valence-corrected chi connectivity index (χ4v) is 3.85. The monoisotopic (exact) mass is 344 g/mol. The molecule has 3 heterocycles. The molecule has 0 bridgehead atoms. The van der Waals surface area contributed by atoms with Crippen LogP contribution in [-0.2, 0) is 5.75 Å². The van der Waals surface area contributed by atoms with Crippen molar-refractivity contribution in [2.75, 3.05) is 0 Å². The van der Waals surface area contributed by atoms with Gasteiger partial charge in [-0.15, -0.1) is 22.2 Å². The average Bonchev–Trinajstić information content (AvgIpc) is 2.86. The third-order valence-corrected chi connectivity index (χ3v) is 5.34. The standard InChI is InChI=1S/C16H16N4OS2/c1-11-10-23(2)16(19-11)20-15-14(21)7-13(8-18-15)22-9-12-5-3-4-6-17-12/h3-8,10,21H,2,9H2,1H3,(H,18,19,20). The van der Waals surface area contributed by atoms with Crippen molar-refractivity contribution in [1.29, 1.82) is 0 Å². The van der Waals surface area contributed by atoms with E-state index >= 15 is 0 Å². The van der Waals surface area contributed by atoms with Crippen LogP contribution < -0.4 is 5.32 Å². The lowest BCUT2D eigenvalue weighted by atomic mass is 10.4. The summed E-state index contributed by atoms with van der Waals surface area (Å²) in [6, 6.07) is 7.49. The molecular formula is C16H16N4OS2. The normalized spacial score (nSPS) is 18.7. The first-order chi connectivity index (χ1) is 11.1. The Morgan fingerprint density at radius 2 is 2.26 bits per heavy atom. The summed E-state index contributed by atoms with van der Waals surface area (Å²) >= 11 is 1.57. The van der Waals surface area contributed by atoms with Crippen molar-refractivity contribution >= 4 is 39.1 Å². The van der Waals surface area contributed by atoms with E-state index in [1.807, 2.05) is 30.5 Å². The van der Waals surface area contributed by atoms with Gasteiger partial charge in [-0.1, -0.05) is 11.9 Å². The molecule has 5 nitrogen and oxygen atoms in total. The summed E-state index contributed by atoms with van der Waals surface area (Å²) in [7, 11) is -0.321. The van der Waals surface area contributed by atoms with Crippen molar-refractivity contribution in [2.24, 2.45) is 4.99 Å². The highest BCUT2D eigenvalue weighted by Crippen LogP contribution is 2.32. The SMILES string of the molecule is C=S1C=C(C)N/C1=N/c1ncc(SCc2ccccn2)cc1O. The van der Waals surface area contributed by atoms with Crippen molar-refractivity contribution in [3.8, 4) is 5.75 Å². The van der Waals surface area contributed by atoms with Gasteiger partial charge in [0, 0.05) is 28.7 Å². The second kappa shape index (κ2) is 6.97. The highest BCUT2D eigenvalue weighted by molar-refractivity contribution is 8.29. The summed E-state index contributed by atoms with van der Waals surface area (Å²) in [6.07, 6.45) is 3.48. The third kappa shape index (κ3) is 4.00. The predicted octanol–water partition coefficient (Wildman–Crippen LogP) is 3.63. The number of thioether (sulfide) groups is 1. The zero-order valence-electron chi connectivity index (χ0n) is 12.6. The van der Waals surface area contributed by atoms with Gasteiger partial charge in [0.2, 0.25) is 0 Å². The van der Waals surface area contributed by atoms with E-state index in [4.69, 9.17) is 0 Å². The van der Waals surface area contributed by atoms with E-state index in [0.717, 1.165) is 27.2 Å². The zero-order chi connectivity index (χ0) is 16.2. The van der Waals surface area contributed by atoms with E-state index in [2.05, 4.69) is 26.1 Å². The minimum absolute atomic E-state index is 0.0619. The molecule has 0 aliphatic carbocycles. The Morgan fingerprint density at radius 1 is 1.39 bits per heavy atom. The lowest BCUT2D eigenvalue weighted by Gasteiger charge is -2.05. The summed E-state index contributed by atoms with van der Waals surface area (Å²) in [5.74, 6) is 5.10. The maximum Gasteiger partial charge on any atom is 0.197 e. The smallest absolute Gasteiger partial charge is 0.197 e. The number of aromatic hydroxyl groups is 1. The molecule has 0 radical (unpaired) electrons. The Labute approximate surface area is 141 Å². The van der Waals surface area contributed by atoms with Gasteiger partial charge >= 0.3 is 0 Å². The van der Waals surface area contributed by atoms with Crippen LogP contribution in [0, 0.1) is 0 Å². The molecule has 0 spiro atoms. The predicted molar refractivity (Wildman–Crippen MR) is 98.4 cm³/mol. The second-order valence-corrected chi connectivity index (χ2v) is 7.42. The van der Waals surface area contributed by atoms with Crippen LogP contribution in [0.3, 0.4) is 0 Å². The number of hydrogen-bond donors (Lipinski definition) is 2. The minimum atomic E-state index is -0.321. The van der Waals surface area contributed by atoms with Crippen LogP contribution >= 0.6 is 22.2 Å². The van der Waals surface area contributed by atoms with Crippen molar-refractivity contribution in [3.05, 3.63) is 53.5 Å². The Kier molecular flexibility index (Phi) is 4.78. The van der Waals surface area contributed by atoms with E-state index in [1.165, 1.54) is 0 Å². The highest BCUT2D eigenvalue weighted by Gasteiger charge is 2.12. The van der Waals surface area contributed by atoms with Crippen LogP contribution in [0.2, 0.25) is 0 Å². The van der Waals surface area contributed by atoms with Gasteiger partial charge in [0.15, 0.2) is 16.7 Å². The van der Waals surface area contributed by atoms with Gasteiger partial charge in [-0.05, 0) is 30.5 Å². The topological polar surface area (TPSA) is 70.4 Å². The summed E-state index contributed by atoms with van der Waals surface area (Å²) in [5.41, 5.74) is 2.00. The largest absolute Gasteiger partial charge is 0.504 e. The third-order valence-electron chi connectivity index (χ3n) is 3.01. The number of aromatic nitrogens is 2. The van der Waals surface area contributed by atoms with Crippen LogP contribution in [-0.4, -0.2) is 26.1 Å². The first kappa shape index (κ1) is 15.8. The highest BCUT2D eigenvalue weighted by atomic mass is 32.2. The van der Waals surface area contributed by atoms with Gasteiger partial charge in [-0.2, -0.15) is 0 Å². The van der Waals surface area contributed by atoms with Crippen LogP contribution in [0.15, 0.2) is 57.7 Å². The van der Waals surface area contributed by atoms with Gasteiger partial charge in [-0.25, -0.2) is 9.98 Å². The molecule has 2 aromatic rings. The van der Waals surface area contributed by atoms with E-state index in [1.54, 1.807) is 30.2 Å². The molecule has 0 fully saturated rings. The molecule has 23 heavy (non-hydrogen) atoms. The molecule has 0 aromatic carbocycles. The van der Waals surface area contributed by atoms with Gasteiger partial charge < -0.3 is 10.4 Å². The molecule has 0 amide bonds. The number of hydrogen-bond acceptors (Lipinski definition) is 5. The molecule has 1 atom stereocenters. The molecular weight excluding hydrogens is 328 g/mol. The fraction of sp³-hybridized carbons (Fsp3) is 0.125. The van der Waals surface area contributed by atoms with Crippen molar-refractivity contribution < 1.29 is 5.11 Å². The summed E-state index contributed by atoms with van der Waals surface area (Å²) in [6.45, 7) is 1.96. The number of amidine groups is 1. The molecule has 118 valence electrons. The number of allylic oxidation sites excluding steroid dienone is 1. The summed E-state index contributed by atoms with van der Waals surface area (Å²) < 4.78 is 0. The summed E-state index contributed by atoms with van der Waals surface area (Å²) in [5, 5.41) is 16.0. The second-order valence-electron chi connectivity index (χ2n) is 4.90. The van der Waals surface area contributed by atoms with Crippen LogP contribution in [0.5, 0.6) is 5.75 Å². The van der Waals surface area contributed by atoms with Crippen molar-refractivity contribution in [2.45, 2.75) is 17.6 Å². The van der Waals surface area contributed by atoms with Gasteiger partial charge in [-0.3, -0.25) is 4.98 Å². The molecule has 1 aliphatic rings. The molecule has 1 aliphatic heterocycles.